The molecule has 0 amide bonds. The van der Waals surface area contributed by atoms with Crippen LogP contribution in [0.4, 0.5) is 0 Å². The van der Waals surface area contributed by atoms with Crippen LogP contribution in [0.2, 0.25) is 10.0 Å². The molecule has 0 N–H and O–H groups in total. The summed E-state index contributed by atoms with van der Waals surface area (Å²) in [5.41, 5.74) is 2.14. The van der Waals surface area contributed by atoms with Crippen LogP contribution in [0.3, 0.4) is 0 Å². The Kier molecular flexibility index (Phi) is 3.46. The molecule has 108 valence electrons. The van der Waals surface area contributed by atoms with Gasteiger partial charge < -0.3 is 4.74 Å². The average molecular weight is 321 g/mol. The van der Waals surface area contributed by atoms with Gasteiger partial charge in [-0.1, -0.05) is 37.0 Å². The second-order valence-electron chi connectivity index (χ2n) is 5.84. The highest BCUT2D eigenvalue weighted by Gasteiger charge is 2.32. The van der Waals surface area contributed by atoms with Crippen LogP contribution in [-0.4, -0.2) is 12.4 Å². The SMILES string of the molecule is CC1(C)COc2ccc(C(=O)c3ccc(Cl)c(Cl)c3)cc21. The van der Waals surface area contributed by atoms with E-state index < -0.39 is 0 Å². The molecule has 0 fully saturated rings. The van der Waals surface area contributed by atoms with Gasteiger partial charge in [-0.25, -0.2) is 0 Å². The molecule has 1 aliphatic rings. The smallest absolute Gasteiger partial charge is 0.193 e. The normalized spacial score (nSPS) is 15.4. The number of hydrogen-bond donors (Lipinski definition) is 0. The zero-order valence-electron chi connectivity index (χ0n) is 11.7. The Hall–Kier alpha value is -1.51. The van der Waals surface area contributed by atoms with Crippen LogP contribution >= 0.6 is 23.2 Å². The maximum atomic E-state index is 12.6. The number of carbonyl (C=O) groups excluding carboxylic acids is 1. The van der Waals surface area contributed by atoms with Gasteiger partial charge in [-0.05, 0) is 36.4 Å². The van der Waals surface area contributed by atoms with E-state index in [4.69, 9.17) is 27.9 Å². The van der Waals surface area contributed by atoms with Crippen molar-refractivity contribution in [3.63, 3.8) is 0 Å². The molecule has 21 heavy (non-hydrogen) atoms. The molecule has 2 nitrogen and oxygen atoms in total. The van der Waals surface area contributed by atoms with Gasteiger partial charge >= 0.3 is 0 Å². The second-order valence-corrected chi connectivity index (χ2v) is 6.66. The lowest BCUT2D eigenvalue weighted by Crippen LogP contribution is -2.18. The number of hydrogen-bond acceptors (Lipinski definition) is 2. The van der Waals surface area contributed by atoms with E-state index in [1.807, 2.05) is 12.1 Å². The summed E-state index contributed by atoms with van der Waals surface area (Å²) in [6, 6.07) is 10.5. The third-order valence-electron chi connectivity index (χ3n) is 3.74. The fraction of sp³-hybridized carbons (Fsp3) is 0.235. The minimum Gasteiger partial charge on any atom is -0.492 e. The molecule has 0 saturated heterocycles. The molecule has 3 rings (SSSR count). The molecule has 2 aromatic carbocycles. The molecule has 0 spiro atoms. The lowest BCUT2D eigenvalue weighted by Gasteiger charge is -2.15. The highest BCUT2D eigenvalue weighted by Crippen LogP contribution is 2.39. The molecular weight excluding hydrogens is 307 g/mol. The van der Waals surface area contributed by atoms with Crippen molar-refractivity contribution in [2.75, 3.05) is 6.61 Å². The molecule has 4 heteroatoms. The largest absolute Gasteiger partial charge is 0.492 e. The van der Waals surface area contributed by atoms with E-state index in [0.29, 0.717) is 27.8 Å². The second kappa shape index (κ2) is 5.04. The third-order valence-corrected chi connectivity index (χ3v) is 4.48. The Morgan fingerprint density at radius 1 is 1.05 bits per heavy atom. The maximum absolute atomic E-state index is 12.6. The van der Waals surface area contributed by atoms with Gasteiger partial charge in [0.15, 0.2) is 5.78 Å². The highest BCUT2D eigenvalue weighted by atomic mass is 35.5. The Morgan fingerprint density at radius 2 is 1.71 bits per heavy atom. The molecule has 0 radical (unpaired) electrons. The lowest BCUT2D eigenvalue weighted by molar-refractivity contribution is 0.103. The van der Waals surface area contributed by atoms with Gasteiger partial charge in [0.1, 0.15) is 5.75 Å². The van der Waals surface area contributed by atoms with Crippen LogP contribution in [0.5, 0.6) is 5.75 Å². The summed E-state index contributed by atoms with van der Waals surface area (Å²) in [5, 5.41) is 0.823. The standard InChI is InChI=1S/C17H14Cl2O2/c1-17(2)9-21-15-6-4-10(7-12(15)17)16(20)11-3-5-13(18)14(19)8-11/h3-8H,9H2,1-2H3. The molecule has 0 unspecified atom stereocenters. The number of ketones is 1. The van der Waals surface area contributed by atoms with Crippen LogP contribution < -0.4 is 4.74 Å². The van der Waals surface area contributed by atoms with E-state index in [0.717, 1.165) is 11.3 Å². The van der Waals surface area contributed by atoms with Crippen molar-refractivity contribution in [2.45, 2.75) is 19.3 Å². The summed E-state index contributed by atoms with van der Waals surface area (Å²) in [5.74, 6) is 0.782. The van der Waals surface area contributed by atoms with Crippen molar-refractivity contribution in [1.29, 1.82) is 0 Å². The van der Waals surface area contributed by atoms with Crippen LogP contribution in [-0.2, 0) is 5.41 Å². The van der Waals surface area contributed by atoms with E-state index in [1.54, 1.807) is 24.3 Å². The number of halogens is 2. The molecule has 0 aliphatic carbocycles. The average Bonchev–Trinajstić information content (AvgIpc) is 2.76. The minimum atomic E-state index is -0.0801. The molecule has 2 aromatic rings. The van der Waals surface area contributed by atoms with Gasteiger partial charge in [0.05, 0.1) is 16.7 Å². The molecule has 0 bridgehead atoms. The number of benzene rings is 2. The molecule has 1 heterocycles. The van der Waals surface area contributed by atoms with Crippen molar-refractivity contribution < 1.29 is 9.53 Å². The number of fused-ring (bicyclic) bond motifs is 1. The number of ether oxygens (including phenoxy) is 1. The van der Waals surface area contributed by atoms with Crippen molar-refractivity contribution in [3.05, 3.63) is 63.1 Å². The number of rotatable bonds is 2. The Bertz CT molecular complexity index is 736. The highest BCUT2D eigenvalue weighted by molar-refractivity contribution is 6.42. The topological polar surface area (TPSA) is 26.3 Å². The van der Waals surface area contributed by atoms with Gasteiger partial charge in [0.25, 0.3) is 0 Å². The first-order valence-electron chi connectivity index (χ1n) is 6.65. The summed E-state index contributed by atoms with van der Waals surface area (Å²) < 4.78 is 5.64. The van der Waals surface area contributed by atoms with Gasteiger partial charge in [0, 0.05) is 22.1 Å². The summed E-state index contributed by atoms with van der Waals surface area (Å²) in [6.07, 6.45) is 0. The van der Waals surface area contributed by atoms with Crippen molar-refractivity contribution in [2.24, 2.45) is 0 Å². The molecule has 0 saturated carbocycles. The monoisotopic (exact) mass is 320 g/mol. The third kappa shape index (κ3) is 2.54. The summed E-state index contributed by atoms with van der Waals surface area (Å²) in [6.45, 7) is 4.84. The summed E-state index contributed by atoms with van der Waals surface area (Å²) in [7, 11) is 0. The predicted molar refractivity (Wildman–Crippen MR) is 84.9 cm³/mol. The fourth-order valence-electron chi connectivity index (χ4n) is 2.47. The van der Waals surface area contributed by atoms with Crippen LogP contribution in [0.1, 0.15) is 35.3 Å². The van der Waals surface area contributed by atoms with E-state index in [-0.39, 0.29) is 11.2 Å². The molecule has 0 aromatic heterocycles. The Labute approximate surface area is 133 Å². The summed E-state index contributed by atoms with van der Waals surface area (Å²) >= 11 is 11.9. The van der Waals surface area contributed by atoms with Crippen LogP contribution in [0.25, 0.3) is 0 Å². The van der Waals surface area contributed by atoms with E-state index in [9.17, 15) is 4.79 Å². The summed E-state index contributed by atoms with van der Waals surface area (Å²) in [4.78, 5) is 12.6. The number of carbonyl (C=O) groups is 1. The fourth-order valence-corrected chi connectivity index (χ4v) is 2.76. The lowest BCUT2D eigenvalue weighted by atomic mass is 9.85. The first-order valence-corrected chi connectivity index (χ1v) is 7.41. The van der Waals surface area contributed by atoms with Crippen LogP contribution in [0, 0.1) is 0 Å². The van der Waals surface area contributed by atoms with Crippen molar-refractivity contribution in [3.8, 4) is 5.75 Å². The Morgan fingerprint density at radius 3 is 2.43 bits per heavy atom. The van der Waals surface area contributed by atoms with Crippen molar-refractivity contribution in [1.82, 2.24) is 0 Å². The maximum Gasteiger partial charge on any atom is 0.193 e. The van der Waals surface area contributed by atoms with E-state index >= 15 is 0 Å². The predicted octanol–water partition coefficient (Wildman–Crippen LogP) is 4.89. The van der Waals surface area contributed by atoms with Gasteiger partial charge in [-0.3, -0.25) is 4.79 Å². The van der Waals surface area contributed by atoms with Crippen molar-refractivity contribution >= 4 is 29.0 Å². The van der Waals surface area contributed by atoms with E-state index in [2.05, 4.69) is 13.8 Å². The van der Waals surface area contributed by atoms with Gasteiger partial charge in [-0.15, -0.1) is 0 Å². The first-order chi connectivity index (χ1) is 9.88. The Balaban J connectivity index is 2.01. The zero-order valence-corrected chi connectivity index (χ0v) is 13.3. The van der Waals surface area contributed by atoms with Gasteiger partial charge in [-0.2, -0.15) is 0 Å². The van der Waals surface area contributed by atoms with E-state index in [1.165, 1.54) is 0 Å². The minimum absolute atomic E-state index is 0.0703. The zero-order chi connectivity index (χ0) is 15.2. The molecule has 1 aliphatic heterocycles. The molecular formula is C17H14Cl2O2. The quantitative estimate of drug-likeness (QED) is 0.736. The van der Waals surface area contributed by atoms with Gasteiger partial charge in [0.2, 0.25) is 0 Å². The first kappa shape index (κ1) is 14.4. The van der Waals surface area contributed by atoms with Crippen LogP contribution in [0.15, 0.2) is 36.4 Å². The molecule has 0 atom stereocenters.